The fraction of sp³-hybridized carbons (Fsp3) is 0.385. The van der Waals surface area contributed by atoms with E-state index in [1.165, 1.54) is 14.2 Å². The first kappa shape index (κ1) is 15.3. The lowest BCUT2D eigenvalue weighted by Crippen LogP contribution is -2.07. The van der Waals surface area contributed by atoms with Gasteiger partial charge in [0.05, 0.1) is 32.5 Å². The summed E-state index contributed by atoms with van der Waals surface area (Å²) in [6.45, 7) is 0.215. The van der Waals surface area contributed by atoms with Gasteiger partial charge in [-0.1, -0.05) is 0 Å². The summed E-state index contributed by atoms with van der Waals surface area (Å²) in [4.78, 5) is 11.8. The van der Waals surface area contributed by atoms with Crippen LogP contribution < -0.4 is 9.47 Å². The third-order valence-corrected chi connectivity index (χ3v) is 3.13. The zero-order valence-corrected chi connectivity index (χ0v) is 12.3. The van der Waals surface area contributed by atoms with E-state index in [9.17, 15) is 4.79 Å². The fourth-order valence-corrected chi connectivity index (χ4v) is 1.94. The SMILES string of the molecule is COc1cc(C(=O)OCCCC#N)cc(OC)c1Br. The maximum absolute atomic E-state index is 11.8. The molecule has 6 heteroatoms. The number of halogens is 1. The van der Waals surface area contributed by atoms with Gasteiger partial charge in [0, 0.05) is 6.42 Å². The van der Waals surface area contributed by atoms with Crippen molar-refractivity contribution in [2.75, 3.05) is 20.8 Å². The van der Waals surface area contributed by atoms with Crippen LogP contribution in [0.2, 0.25) is 0 Å². The van der Waals surface area contributed by atoms with Crippen molar-refractivity contribution in [3.8, 4) is 17.6 Å². The zero-order valence-electron chi connectivity index (χ0n) is 10.7. The van der Waals surface area contributed by atoms with Gasteiger partial charge >= 0.3 is 5.97 Å². The number of carbonyl (C=O) groups excluding carboxylic acids is 1. The number of hydrogen-bond acceptors (Lipinski definition) is 5. The highest BCUT2D eigenvalue weighted by atomic mass is 79.9. The smallest absolute Gasteiger partial charge is 0.338 e. The molecule has 0 amide bonds. The van der Waals surface area contributed by atoms with Gasteiger partial charge in [-0.25, -0.2) is 4.79 Å². The van der Waals surface area contributed by atoms with Crippen LogP contribution in [0.15, 0.2) is 16.6 Å². The number of carbonyl (C=O) groups is 1. The van der Waals surface area contributed by atoms with Crippen molar-refractivity contribution in [1.29, 1.82) is 5.26 Å². The lowest BCUT2D eigenvalue weighted by Gasteiger charge is -2.11. The molecule has 19 heavy (non-hydrogen) atoms. The van der Waals surface area contributed by atoms with Crippen molar-refractivity contribution in [3.05, 3.63) is 22.2 Å². The first-order valence-corrected chi connectivity index (χ1v) is 6.39. The molecule has 0 saturated heterocycles. The van der Waals surface area contributed by atoms with Gasteiger partial charge in [0.2, 0.25) is 0 Å². The van der Waals surface area contributed by atoms with Gasteiger partial charge in [-0.2, -0.15) is 5.26 Å². The van der Waals surface area contributed by atoms with E-state index in [1.807, 2.05) is 6.07 Å². The third-order valence-electron chi connectivity index (χ3n) is 2.35. The van der Waals surface area contributed by atoms with E-state index in [4.69, 9.17) is 19.5 Å². The van der Waals surface area contributed by atoms with Gasteiger partial charge in [-0.15, -0.1) is 0 Å². The van der Waals surface area contributed by atoms with Crippen LogP contribution in [-0.2, 0) is 4.74 Å². The normalized spacial score (nSPS) is 9.58. The summed E-state index contributed by atoms with van der Waals surface area (Å²) in [5, 5.41) is 8.39. The van der Waals surface area contributed by atoms with Gasteiger partial charge in [0.1, 0.15) is 16.0 Å². The Labute approximate surface area is 120 Å². The molecule has 0 radical (unpaired) electrons. The van der Waals surface area contributed by atoms with Crippen LogP contribution in [0.5, 0.6) is 11.5 Å². The summed E-state index contributed by atoms with van der Waals surface area (Å²) >= 11 is 3.32. The summed E-state index contributed by atoms with van der Waals surface area (Å²) < 4.78 is 16.0. The molecule has 0 aliphatic heterocycles. The van der Waals surface area contributed by atoms with Crippen LogP contribution in [0.4, 0.5) is 0 Å². The van der Waals surface area contributed by atoms with Gasteiger partial charge in [-0.05, 0) is 34.5 Å². The Bertz CT molecular complexity index is 471. The van der Waals surface area contributed by atoms with E-state index in [0.717, 1.165) is 0 Å². The number of nitrogens with zero attached hydrogens (tertiary/aromatic N) is 1. The number of hydrogen-bond donors (Lipinski definition) is 0. The minimum atomic E-state index is -0.470. The molecule has 0 aliphatic carbocycles. The molecule has 1 rings (SSSR count). The number of benzene rings is 1. The Balaban J connectivity index is 2.82. The predicted molar refractivity (Wildman–Crippen MR) is 72.4 cm³/mol. The fourth-order valence-electron chi connectivity index (χ4n) is 1.39. The zero-order chi connectivity index (χ0) is 14.3. The molecule has 0 aliphatic rings. The molecule has 0 unspecified atom stereocenters. The van der Waals surface area contributed by atoms with E-state index in [1.54, 1.807) is 12.1 Å². The molecular formula is C13H14BrNO4. The van der Waals surface area contributed by atoms with Crippen LogP contribution >= 0.6 is 15.9 Å². The predicted octanol–water partition coefficient (Wildman–Crippen LogP) is 2.93. The van der Waals surface area contributed by atoms with Gasteiger partial charge in [-0.3, -0.25) is 0 Å². The first-order chi connectivity index (χ1) is 9.13. The van der Waals surface area contributed by atoms with E-state index in [2.05, 4.69) is 15.9 Å². The largest absolute Gasteiger partial charge is 0.495 e. The number of ether oxygens (including phenoxy) is 3. The Morgan fingerprint density at radius 3 is 2.37 bits per heavy atom. The Hall–Kier alpha value is -1.74. The quantitative estimate of drug-likeness (QED) is 0.593. The standard InChI is InChI=1S/C13H14BrNO4/c1-17-10-7-9(8-11(18-2)12(10)14)13(16)19-6-4-3-5-15/h7-8H,3-4,6H2,1-2H3. The van der Waals surface area contributed by atoms with Crippen LogP contribution in [0, 0.1) is 11.3 Å². The second-order valence-electron chi connectivity index (χ2n) is 3.59. The van der Waals surface area contributed by atoms with E-state index in [-0.39, 0.29) is 6.61 Å². The summed E-state index contributed by atoms with van der Waals surface area (Å²) in [5.74, 6) is 0.508. The number of methoxy groups -OCH3 is 2. The van der Waals surface area contributed by atoms with Crippen LogP contribution in [0.25, 0.3) is 0 Å². The monoisotopic (exact) mass is 327 g/mol. The molecule has 5 nitrogen and oxygen atoms in total. The van der Waals surface area contributed by atoms with E-state index >= 15 is 0 Å². The van der Waals surface area contributed by atoms with Crippen molar-refractivity contribution < 1.29 is 19.0 Å². The van der Waals surface area contributed by atoms with Crippen LogP contribution in [0.3, 0.4) is 0 Å². The maximum Gasteiger partial charge on any atom is 0.338 e. The summed E-state index contributed by atoms with van der Waals surface area (Å²) in [5.41, 5.74) is 0.342. The Kier molecular flexibility index (Phi) is 6.16. The first-order valence-electron chi connectivity index (χ1n) is 5.59. The molecule has 102 valence electrons. The Morgan fingerprint density at radius 2 is 1.89 bits per heavy atom. The van der Waals surface area contributed by atoms with Crippen molar-refractivity contribution in [2.24, 2.45) is 0 Å². The van der Waals surface area contributed by atoms with Gasteiger partial charge < -0.3 is 14.2 Å². The van der Waals surface area contributed by atoms with Crippen LogP contribution in [0.1, 0.15) is 23.2 Å². The summed E-state index contributed by atoms with van der Waals surface area (Å²) in [7, 11) is 3.00. The highest BCUT2D eigenvalue weighted by molar-refractivity contribution is 9.10. The highest BCUT2D eigenvalue weighted by Crippen LogP contribution is 2.35. The van der Waals surface area contributed by atoms with E-state index < -0.39 is 5.97 Å². The van der Waals surface area contributed by atoms with Crippen LogP contribution in [-0.4, -0.2) is 26.8 Å². The molecule has 0 fully saturated rings. The minimum Gasteiger partial charge on any atom is -0.495 e. The molecule has 0 saturated carbocycles. The maximum atomic E-state index is 11.8. The van der Waals surface area contributed by atoms with Crippen molar-refractivity contribution in [1.82, 2.24) is 0 Å². The third kappa shape index (κ3) is 4.14. The minimum absolute atomic E-state index is 0.215. The lowest BCUT2D eigenvalue weighted by molar-refractivity contribution is 0.0501. The van der Waals surface area contributed by atoms with E-state index in [0.29, 0.717) is 34.4 Å². The summed E-state index contributed by atoms with van der Waals surface area (Å²) in [6, 6.07) is 5.13. The van der Waals surface area contributed by atoms with Gasteiger partial charge in [0.25, 0.3) is 0 Å². The molecule has 0 aromatic heterocycles. The van der Waals surface area contributed by atoms with Crippen molar-refractivity contribution >= 4 is 21.9 Å². The van der Waals surface area contributed by atoms with Crippen molar-refractivity contribution in [3.63, 3.8) is 0 Å². The molecule has 1 aromatic carbocycles. The summed E-state index contributed by atoms with van der Waals surface area (Å²) in [6.07, 6.45) is 0.882. The molecule has 0 atom stereocenters. The van der Waals surface area contributed by atoms with Crippen molar-refractivity contribution in [2.45, 2.75) is 12.8 Å². The molecule has 0 spiro atoms. The second kappa shape index (κ2) is 7.64. The average Bonchev–Trinajstić information content (AvgIpc) is 2.43. The molecular weight excluding hydrogens is 314 g/mol. The number of nitriles is 1. The lowest BCUT2D eigenvalue weighted by atomic mass is 10.2. The molecule has 0 N–H and O–H groups in total. The molecule has 0 heterocycles. The molecule has 1 aromatic rings. The highest BCUT2D eigenvalue weighted by Gasteiger charge is 2.15. The molecule has 0 bridgehead atoms. The van der Waals surface area contributed by atoms with Gasteiger partial charge in [0.15, 0.2) is 0 Å². The number of rotatable bonds is 6. The number of esters is 1. The topological polar surface area (TPSA) is 68.5 Å². The number of unbranched alkanes of at least 4 members (excludes halogenated alkanes) is 1. The average molecular weight is 328 g/mol. The second-order valence-corrected chi connectivity index (χ2v) is 4.39. The Morgan fingerprint density at radius 1 is 1.32 bits per heavy atom.